The Bertz CT molecular complexity index is 982. The maximum absolute atomic E-state index is 12.5. The van der Waals surface area contributed by atoms with Crippen LogP contribution in [0.4, 0.5) is 17.1 Å². The highest BCUT2D eigenvalue weighted by Crippen LogP contribution is 2.28. The molecule has 10 heteroatoms. The minimum absolute atomic E-state index is 0.0218. The Kier molecular flexibility index (Phi) is 5.03. The number of carbonyl (C=O) groups is 2. The van der Waals surface area contributed by atoms with Crippen LogP contribution in [0.1, 0.15) is 39.1 Å². The van der Waals surface area contributed by atoms with E-state index in [-0.39, 0.29) is 23.1 Å². The first-order chi connectivity index (χ1) is 13.3. The third-order valence-electron chi connectivity index (χ3n) is 4.33. The van der Waals surface area contributed by atoms with Gasteiger partial charge in [-0.1, -0.05) is 0 Å². The Morgan fingerprint density at radius 1 is 1.00 bits per heavy atom. The summed E-state index contributed by atoms with van der Waals surface area (Å²) < 4.78 is 0. The van der Waals surface area contributed by atoms with Gasteiger partial charge in [-0.05, 0) is 44.0 Å². The first-order valence-electron chi connectivity index (χ1n) is 8.42. The van der Waals surface area contributed by atoms with Gasteiger partial charge in [0.2, 0.25) is 0 Å². The lowest BCUT2D eigenvalue weighted by molar-refractivity contribution is -0.394. The van der Waals surface area contributed by atoms with Crippen molar-refractivity contribution in [3.8, 4) is 0 Å². The predicted octanol–water partition coefficient (Wildman–Crippen LogP) is 2.96. The van der Waals surface area contributed by atoms with Crippen LogP contribution in [0.15, 0.2) is 36.4 Å². The van der Waals surface area contributed by atoms with Crippen molar-refractivity contribution in [3.63, 3.8) is 0 Å². The third-order valence-corrected chi connectivity index (χ3v) is 4.33. The zero-order chi connectivity index (χ0) is 20.4. The van der Waals surface area contributed by atoms with Crippen LogP contribution in [0, 0.1) is 27.2 Å². The molecule has 2 aromatic carbocycles. The zero-order valence-corrected chi connectivity index (χ0v) is 14.8. The van der Waals surface area contributed by atoms with E-state index in [9.17, 15) is 29.8 Å². The van der Waals surface area contributed by atoms with Gasteiger partial charge >= 0.3 is 0 Å². The Morgan fingerprint density at radius 3 is 2.18 bits per heavy atom. The molecule has 0 aromatic heterocycles. The Labute approximate surface area is 158 Å². The van der Waals surface area contributed by atoms with Gasteiger partial charge in [0.15, 0.2) is 0 Å². The number of carbonyl (C=O) groups excluding carboxylic acids is 2. The molecule has 1 aliphatic carbocycles. The number of hydrogen-bond donors (Lipinski definition) is 2. The highest BCUT2D eigenvalue weighted by molar-refractivity contribution is 6.06. The molecule has 0 atom stereocenters. The number of nitro groups is 2. The van der Waals surface area contributed by atoms with Crippen LogP contribution in [-0.2, 0) is 0 Å². The Balaban J connectivity index is 1.81. The fraction of sp³-hybridized carbons (Fsp3) is 0.222. The van der Waals surface area contributed by atoms with Gasteiger partial charge in [0.05, 0.1) is 21.5 Å². The molecule has 0 saturated heterocycles. The number of nitrogens with one attached hydrogen (secondary N) is 2. The molecule has 2 amide bonds. The molecule has 1 aliphatic rings. The molecule has 144 valence electrons. The smallest absolute Gasteiger partial charge is 0.279 e. The van der Waals surface area contributed by atoms with E-state index in [1.165, 1.54) is 31.2 Å². The average molecular weight is 384 g/mol. The molecule has 2 aromatic rings. The summed E-state index contributed by atoms with van der Waals surface area (Å²) in [4.78, 5) is 45.1. The van der Waals surface area contributed by atoms with Crippen LogP contribution in [0.3, 0.4) is 0 Å². The van der Waals surface area contributed by atoms with Crippen molar-refractivity contribution in [1.82, 2.24) is 5.32 Å². The molecular formula is C18H16N4O6. The zero-order valence-electron chi connectivity index (χ0n) is 14.8. The summed E-state index contributed by atoms with van der Waals surface area (Å²) in [6.45, 7) is 1.35. The summed E-state index contributed by atoms with van der Waals surface area (Å²) >= 11 is 0. The lowest BCUT2D eigenvalue weighted by Crippen LogP contribution is -2.25. The number of nitrogens with zero attached hydrogens (tertiary/aromatic N) is 2. The lowest BCUT2D eigenvalue weighted by atomic mass is 10.0. The van der Waals surface area contributed by atoms with Gasteiger partial charge in [0, 0.05) is 28.9 Å². The molecule has 0 aliphatic heterocycles. The van der Waals surface area contributed by atoms with Crippen molar-refractivity contribution < 1.29 is 19.4 Å². The van der Waals surface area contributed by atoms with Crippen molar-refractivity contribution in [1.29, 1.82) is 0 Å². The molecule has 2 N–H and O–H groups in total. The number of hydrogen-bond acceptors (Lipinski definition) is 6. The van der Waals surface area contributed by atoms with Crippen LogP contribution in [-0.4, -0.2) is 27.7 Å². The number of rotatable bonds is 6. The molecule has 0 unspecified atom stereocenters. The summed E-state index contributed by atoms with van der Waals surface area (Å²) in [5.74, 6) is -0.926. The standard InChI is InChI=1S/C18H16N4O6/c1-10-15(8-14(21(25)26)9-16(10)22(27)28)18(24)20-12-4-2-11(3-5-12)17(23)19-13-6-7-13/h2-5,8-9,13H,6-7H2,1H3,(H,19,23)(H,20,24). The lowest BCUT2D eigenvalue weighted by Gasteiger charge is -2.09. The number of non-ortho nitro benzene ring substituents is 1. The molecule has 3 rings (SSSR count). The molecule has 1 fully saturated rings. The monoisotopic (exact) mass is 384 g/mol. The fourth-order valence-electron chi connectivity index (χ4n) is 2.61. The highest BCUT2D eigenvalue weighted by atomic mass is 16.6. The van der Waals surface area contributed by atoms with E-state index in [1.807, 2.05) is 0 Å². The van der Waals surface area contributed by atoms with E-state index in [0.717, 1.165) is 25.0 Å². The van der Waals surface area contributed by atoms with Gasteiger partial charge in [-0.2, -0.15) is 0 Å². The second-order valence-corrected chi connectivity index (χ2v) is 6.43. The van der Waals surface area contributed by atoms with Crippen molar-refractivity contribution >= 4 is 28.9 Å². The van der Waals surface area contributed by atoms with Crippen LogP contribution >= 0.6 is 0 Å². The SMILES string of the molecule is Cc1c(C(=O)Nc2ccc(C(=O)NC3CC3)cc2)cc([N+](=O)[O-])cc1[N+](=O)[O-]. The van der Waals surface area contributed by atoms with E-state index in [1.54, 1.807) is 0 Å². The van der Waals surface area contributed by atoms with Crippen molar-refractivity contribution in [2.24, 2.45) is 0 Å². The third kappa shape index (κ3) is 4.11. The summed E-state index contributed by atoms with van der Waals surface area (Å²) in [7, 11) is 0. The topological polar surface area (TPSA) is 144 Å². The largest absolute Gasteiger partial charge is 0.349 e. The van der Waals surface area contributed by atoms with E-state index < -0.39 is 27.1 Å². The van der Waals surface area contributed by atoms with Gasteiger partial charge in [-0.15, -0.1) is 0 Å². The van der Waals surface area contributed by atoms with E-state index in [0.29, 0.717) is 11.3 Å². The van der Waals surface area contributed by atoms with E-state index >= 15 is 0 Å². The minimum atomic E-state index is -0.795. The first-order valence-corrected chi connectivity index (χ1v) is 8.42. The molecule has 1 saturated carbocycles. The molecule has 10 nitrogen and oxygen atoms in total. The normalized spacial score (nSPS) is 12.9. The molecule has 0 heterocycles. The molecule has 0 bridgehead atoms. The minimum Gasteiger partial charge on any atom is -0.349 e. The number of anilines is 1. The van der Waals surface area contributed by atoms with E-state index in [4.69, 9.17) is 0 Å². The van der Waals surface area contributed by atoms with Crippen molar-refractivity contribution in [2.45, 2.75) is 25.8 Å². The summed E-state index contributed by atoms with van der Waals surface area (Å²) in [5.41, 5.74) is -0.417. The highest BCUT2D eigenvalue weighted by Gasteiger charge is 2.25. The maximum Gasteiger partial charge on any atom is 0.279 e. The quantitative estimate of drug-likeness (QED) is 0.578. The average Bonchev–Trinajstić information content (AvgIpc) is 3.45. The van der Waals surface area contributed by atoms with Gasteiger partial charge in [-0.3, -0.25) is 29.8 Å². The Hall–Kier alpha value is -3.82. The number of benzene rings is 2. The molecule has 0 spiro atoms. The van der Waals surface area contributed by atoms with Crippen molar-refractivity contribution in [3.05, 3.63) is 73.3 Å². The predicted molar refractivity (Wildman–Crippen MR) is 99.4 cm³/mol. The summed E-state index contributed by atoms with van der Waals surface area (Å²) in [6, 6.07) is 8.14. The second kappa shape index (κ2) is 7.43. The molecule has 0 radical (unpaired) electrons. The first kappa shape index (κ1) is 19.0. The van der Waals surface area contributed by atoms with Crippen LogP contribution in [0.2, 0.25) is 0 Å². The van der Waals surface area contributed by atoms with Gasteiger partial charge in [0.1, 0.15) is 0 Å². The van der Waals surface area contributed by atoms with Crippen molar-refractivity contribution in [2.75, 3.05) is 5.32 Å². The molecule has 28 heavy (non-hydrogen) atoms. The molecular weight excluding hydrogens is 368 g/mol. The van der Waals surface area contributed by atoms with E-state index in [2.05, 4.69) is 10.6 Å². The summed E-state index contributed by atoms with van der Waals surface area (Å²) in [5, 5.41) is 27.5. The second-order valence-electron chi connectivity index (χ2n) is 6.43. The van der Waals surface area contributed by atoms with Gasteiger partial charge < -0.3 is 10.6 Å². The fourth-order valence-corrected chi connectivity index (χ4v) is 2.61. The van der Waals surface area contributed by atoms with Crippen LogP contribution in [0.5, 0.6) is 0 Å². The van der Waals surface area contributed by atoms with Crippen LogP contribution in [0.25, 0.3) is 0 Å². The van der Waals surface area contributed by atoms with Crippen LogP contribution < -0.4 is 10.6 Å². The van der Waals surface area contributed by atoms with Gasteiger partial charge in [-0.25, -0.2) is 0 Å². The Morgan fingerprint density at radius 2 is 1.64 bits per heavy atom. The number of amides is 2. The maximum atomic E-state index is 12.5. The van der Waals surface area contributed by atoms with Gasteiger partial charge in [0.25, 0.3) is 23.2 Å². The number of nitro benzene ring substituents is 2. The summed E-state index contributed by atoms with van der Waals surface area (Å²) in [6.07, 6.45) is 1.93.